The van der Waals surface area contributed by atoms with Crippen LogP contribution in [0.5, 0.6) is 5.75 Å². The Balaban J connectivity index is 1.96. The van der Waals surface area contributed by atoms with Crippen LogP contribution in [0.1, 0.15) is 30.8 Å². The second kappa shape index (κ2) is 9.92. The molecule has 3 aromatic rings. The highest BCUT2D eigenvalue weighted by Gasteiger charge is 2.23. The zero-order chi connectivity index (χ0) is 22.4. The Bertz CT molecular complexity index is 1060. The summed E-state index contributed by atoms with van der Waals surface area (Å²) in [5.74, 6) is 1.96. The van der Waals surface area contributed by atoms with E-state index >= 15 is 0 Å². The fourth-order valence-corrected chi connectivity index (χ4v) is 4.24. The largest absolute Gasteiger partial charge is 0.497 e. The van der Waals surface area contributed by atoms with Gasteiger partial charge in [0.25, 0.3) is 0 Å². The number of aromatic nitrogens is 2. The first kappa shape index (κ1) is 22.8. The highest BCUT2D eigenvalue weighted by molar-refractivity contribution is 5.81. The van der Waals surface area contributed by atoms with Crippen molar-refractivity contribution in [1.82, 2.24) is 14.5 Å². The van der Waals surface area contributed by atoms with E-state index in [1.807, 2.05) is 24.3 Å². The van der Waals surface area contributed by atoms with Gasteiger partial charge in [0.1, 0.15) is 17.9 Å². The molecule has 1 heterocycles. The third kappa shape index (κ3) is 6.05. The first-order valence-corrected chi connectivity index (χ1v) is 10.7. The molecule has 0 aliphatic heterocycles. The van der Waals surface area contributed by atoms with Gasteiger partial charge < -0.3 is 14.2 Å². The van der Waals surface area contributed by atoms with Gasteiger partial charge in [0.05, 0.1) is 18.1 Å². The van der Waals surface area contributed by atoms with E-state index in [-0.39, 0.29) is 5.41 Å². The SMILES string of the molecule is COc1cccc(CCc2nc3cc(/C=C/C=O)ccc3n2CC(C)(C)CN(C)C)c1. The maximum atomic E-state index is 10.7. The molecule has 1 aromatic heterocycles. The number of ether oxygens (including phenoxy) is 1. The number of hydrogen-bond acceptors (Lipinski definition) is 4. The van der Waals surface area contributed by atoms with Gasteiger partial charge in [0.2, 0.25) is 0 Å². The Kier molecular flexibility index (Phi) is 7.29. The van der Waals surface area contributed by atoms with Crippen molar-refractivity contribution in [3.63, 3.8) is 0 Å². The molecule has 2 aromatic carbocycles. The Morgan fingerprint density at radius 3 is 2.65 bits per heavy atom. The zero-order valence-corrected chi connectivity index (χ0v) is 19.3. The first-order chi connectivity index (χ1) is 14.8. The standard InChI is InChI=1S/C26H33N3O2/c1-26(2,18-28(3)4)19-29-24-13-11-21(9-7-15-30)17-23(24)27-25(29)14-12-20-8-6-10-22(16-20)31-5/h6-11,13,15-17H,12,14,18-19H2,1-5H3/b9-7+. The van der Waals surface area contributed by atoms with Gasteiger partial charge in [-0.05, 0) is 67.4 Å². The normalized spacial score (nSPS) is 12.2. The Labute approximate surface area is 185 Å². The lowest BCUT2D eigenvalue weighted by atomic mass is 9.92. The molecule has 0 saturated heterocycles. The molecule has 31 heavy (non-hydrogen) atoms. The fourth-order valence-electron chi connectivity index (χ4n) is 4.24. The van der Waals surface area contributed by atoms with E-state index < -0.39 is 0 Å². The highest BCUT2D eigenvalue weighted by atomic mass is 16.5. The van der Waals surface area contributed by atoms with Crippen LogP contribution < -0.4 is 4.74 Å². The molecule has 0 spiro atoms. The number of benzene rings is 2. The second-order valence-electron chi connectivity index (χ2n) is 9.11. The second-order valence-corrected chi connectivity index (χ2v) is 9.11. The van der Waals surface area contributed by atoms with Gasteiger partial charge in [0, 0.05) is 19.5 Å². The highest BCUT2D eigenvalue weighted by Crippen LogP contribution is 2.26. The lowest BCUT2D eigenvalue weighted by Gasteiger charge is -2.29. The monoisotopic (exact) mass is 419 g/mol. The molecular formula is C26H33N3O2. The lowest BCUT2D eigenvalue weighted by Crippen LogP contribution is -2.32. The average molecular weight is 420 g/mol. The number of fused-ring (bicyclic) bond motifs is 1. The van der Waals surface area contributed by atoms with Gasteiger partial charge in [-0.2, -0.15) is 0 Å². The number of carbonyl (C=O) groups excluding carboxylic acids is 1. The van der Waals surface area contributed by atoms with E-state index in [1.54, 1.807) is 7.11 Å². The van der Waals surface area contributed by atoms with Gasteiger partial charge in [-0.1, -0.05) is 38.1 Å². The number of allylic oxidation sites excluding steroid dienone is 1. The Morgan fingerprint density at radius 2 is 1.94 bits per heavy atom. The van der Waals surface area contributed by atoms with Crippen molar-refractivity contribution in [2.45, 2.75) is 33.2 Å². The number of aldehydes is 1. The minimum Gasteiger partial charge on any atom is -0.497 e. The summed E-state index contributed by atoms with van der Waals surface area (Å²) >= 11 is 0. The van der Waals surface area contributed by atoms with Gasteiger partial charge in [-0.15, -0.1) is 0 Å². The molecule has 0 radical (unpaired) electrons. The molecule has 0 fully saturated rings. The summed E-state index contributed by atoms with van der Waals surface area (Å²) in [7, 11) is 5.92. The van der Waals surface area contributed by atoms with Crippen molar-refractivity contribution < 1.29 is 9.53 Å². The molecule has 0 N–H and O–H groups in total. The summed E-state index contributed by atoms with van der Waals surface area (Å²) in [4.78, 5) is 17.9. The van der Waals surface area contributed by atoms with Crippen LogP contribution in [0.15, 0.2) is 48.5 Å². The van der Waals surface area contributed by atoms with Gasteiger partial charge in [-0.3, -0.25) is 4.79 Å². The molecule has 0 aliphatic carbocycles. The van der Waals surface area contributed by atoms with Crippen LogP contribution in [0, 0.1) is 5.41 Å². The third-order valence-corrected chi connectivity index (χ3v) is 5.32. The number of hydrogen-bond donors (Lipinski definition) is 0. The van der Waals surface area contributed by atoms with Gasteiger partial charge in [-0.25, -0.2) is 4.98 Å². The van der Waals surface area contributed by atoms with Crippen molar-refractivity contribution in [1.29, 1.82) is 0 Å². The summed E-state index contributed by atoms with van der Waals surface area (Å²) in [6, 6.07) is 14.4. The molecule has 0 aliphatic rings. The summed E-state index contributed by atoms with van der Waals surface area (Å²) in [6.07, 6.45) is 5.87. The minimum atomic E-state index is 0.0952. The van der Waals surface area contributed by atoms with Crippen LogP contribution in [-0.2, 0) is 24.2 Å². The van der Waals surface area contributed by atoms with Gasteiger partial charge >= 0.3 is 0 Å². The lowest BCUT2D eigenvalue weighted by molar-refractivity contribution is -0.104. The molecule has 0 unspecified atom stereocenters. The predicted octanol–water partition coefficient (Wildman–Crippen LogP) is 4.63. The van der Waals surface area contributed by atoms with E-state index in [4.69, 9.17) is 9.72 Å². The van der Waals surface area contributed by atoms with Crippen LogP contribution in [0.4, 0.5) is 0 Å². The Morgan fingerprint density at radius 1 is 1.13 bits per heavy atom. The third-order valence-electron chi connectivity index (χ3n) is 5.32. The molecule has 164 valence electrons. The number of carbonyl (C=O) groups is 1. The molecule has 0 amide bonds. The van der Waals surface area contributed by atoms with E-state index in [1.165, 1.54) is 11.6 Å². The molecule has 0 atom stereocenters. The Hall–Kier alpha value is -2.92. The maximum absolute atomic E-state index is 10.7. The fraction of sp³-hybridized carbons (Fsp3) is 0.385. The maximum Gasteiger partial charge on any atom is 0.142 e. The summed E-state index contributed by atoms with van der Waals surface area (Å²) in [5, 5.41) is 0. The number of methoxy groups -OCH3 is 1. The summed E-state index contributed by atoms with van der Waals surface area (Å²) < 4.78 is 7.74. The zero-order valence-electron chi connectivity index (χ0n) is 19.3. The summed E-state index contributed by atoms with van der Waals surface area (Å²) in [5.41, 5.74) is 4.42. The van der Waals surface area contributed by atoms with Crippen LogP contribution >= 0.6 is 0 Å². The van der Waals surface area contributed by atoms with Gasteiger partial charge in [0.15, 0.2) is 0 Å². The molecule has 0 saturated carbocycles. The summed E-state index contributed by atoms with van der Waals surface area (Å²) in [6.45, 7) is 6.47. The molecule has 3 rings (SSSR count). The number of imidazole rings is 1. The van der Waals surface area contributed by atoms with Crippen LogP contribution in [0.2, 0.25) is 0 Å². The van der Waals surface area contributed by atoms with Crippen molar-refractivity contribution in [2.75, 3.05) is 27.7 Å². The van der Waals surface area contributed by atoms with Crippen LogP contribution in [0.25, 0.3) is 17.1 Å². The molecule has 5 nitrogen and oxygen atoms in total. The number of nitrogens with zero attached hydrogens (tertiary/aromatic N) is 3. The number of rotatable bonds is 10. The van der Waals surface area contributed by atoms with Crippen LogP contribution in [-0.4, -0.2) is 48.5 Å². The molecule has 5 heteroatoms. The van der Waals surface area contributed by atoms with Crippen molar-refractivity contribution >= 4 is 23.4 Å². The molecule has 0 bridgehead atoms. The van der Waals surface area contributed by atoms with E-state index in [2.05, 4.69) is 61.7 Å². The van der Waals surface area contributed by atoms with Crippen molar-refractivity contribution in [3.05, 3.63) is 65.5 Å². The number of aryl methyl sites for hydroxylation is 2. The van der Waals surface area contributed by atoms with Crippen LogP contribution in [0.3, 0.4) is 0 Å². The predicted molar refractivity (Wildman–Crippen MR) is 128 cm³/mol. The minimum absolute atomic E-state index is 0.0952. The van der Waals surface area contributed by atoms with Crippen molar-refractivity contribution in [2.24, 2.45) is 5.41 Å². The van der Waals surface area contributed by atoms with E-state index in [0.29, 0.717) is 0 Å². The smallest absolute Gasteiger partial charge is 0.142 e. The quantitative estimate of drug-likeness (QED) is 0.355. The van der Waals surface area contributed by atoms with E-state index in [0.717, 1.165) is 60.4 Å². The topological polar surface area (TPSA) is 47.4 Å². The average Bonchev–Trinajstić information content (AvgIpc) is 3.05. The molecular weight excluding hydrogens is 386 g/mol. The first-order valence-electron chi connectivity index (χ1n) is 10.7. The van der Waals surface area contributed by atoms with Crippen molar-refractivity contribution in [3.8, 4) is 5.75 Å². The van der Waals surface area contributed by atoms with E-state index in [9.17, 15) is 4.79 Å².